The minimum atomic E-state index is -0.722. The van der Waals surface area contributed by atoms with Crippen molar-refractivity contribution in [3.63, 3.8) is 0 Å². The monoisotopic (exact) mass is 207 g/mol. The molecule has 0 unspecified atom stereocenters. The fraction of sp³-hybridized carbons (Fsp3) is 0.200. The van der Waals surface area contributed by atoms with Crippen molar-refractivity contribution in [1.29, 1.82) is 0 Å². The van der Waals surface area contributed by atoms with Crippen LogP contribution in [-0.4, -0.2) is 18.4 Å². The standard InChI is InChI=1S/C10H12N2O3/c1-2-15-10(14)9(11)12-7-5-3-4-6-8(7)13/h3-6,13H,2H2,1H3,(H2,11,12)/p-1. The van der Waals surface area contributed by atoms with E-state index in [2.05, 4.69) is 9.73 Å². The summed E-state index contributed by atoms with van der Waals surface area (Å²) in [6.07, 6.45) is 0. The minimum Gasteiger partial charge on any atom is -0.871 e. The van der Waals surface area contributed by atoms with Crippen molar-refractivity contribution in [2.75, 3.05) is 6.61 Å². The number of hydrogen-bond donors (Lipinski definition) is 1. The second-order valence-electron chi connectivity index (χ2n) is 2.69. The largest absolute Gasteiger partial charge is 0.871 e. The Morgan fingerprint density at radius 1 is 1.53 bits per heavy atom. The number of nitrogens with two attached hydrogens (primary N) is 1. The summed E-state index contributed by atoms with van der Waals surface area (Å²) >= 11 is 0. The topological polar surface area (TPSA) is 87.7 Å². The first kappa shape index (κ1) is 11.0. The van der Waals surface area contributed by atoms with Gasteiger partial charge in [-0.1, -0.05) is 23.9 Å². The zero-order valence-electron chi connectivity index (χ0n) is 8.27. The van der Waals surface area contributed by atoms with Crippen molar-refractivity contribution >= 4 is 17.5 Å². The number of rotatable bonds is 2. The second kappa shape index (κ2) is 4.99. The van der Waals surface area contributed by atoms with Crippen LogP contribution in [0.3, 0.4) is 0 Å². The van der Waals surface area contributed by atoms with E-state index in [9.17, 15) is 9.90 Å². The minimum absolute atomic E-state index is 0.128. The molecular weight excluding hydrogens is 196 g/mol. The molecule has 0 aliphatic rings. The highest BCUT2D eigenvalue weighted by Gasteiger charge is 2.07. The van der Waals surface area contributed by atoms with Crippen LogP contribution >= 0.6 is 0 Å². The predicted molar refractivity (Wildman–Crippen MR) is 53.8 cm³/mol. The van der Waals surface area contributed by atoms with Gasteiger partial charge in [-0.3, -0.25) is 0 Å². The first-order chi connectivity index (χ1) is 7.15. The molecule has 0 amide bonds. The van der Waals surface area contributed by atoms with Crippen molar-refractivity contribution in [3.8, 4) is 5.75 Å². The number of nitrogens with zero attached hydrogens (tertiary/aromatic N) is 1. The molecular formula is C10H11N2O3-. The molecule has 15 heavy (non-hydrogen) atoms. The van der Waals surface area contributed by atoms with Gasteiger partial charge < -0.3 is 15.6 Å². The Kier molecular flexibility index (Phi) is 3.68. The lowest BCUT2D eigenvalue weighted by molar-refractivity contribution is -0.267. The lowest BCUT2D eigenvalue weighted by Gasteiger charge is -2.08. The SMILES string of the molecule is CCOC(=O)C(N)=Nc1ccccc1[O-]. The van der Waals surface area contributed by atoms with E-state index in [4.69, 9.17) is 5.73 Å². The number of carbonyl (C=O) groups excluding carboxylic acids is 1. The van der Waals surface area contributed by atoms with Crippen LogP contribution in [0, 0.1) is 0 Å². The highest BCUT2D eigenvalue weighted by Crippen LogP contribution is 2.21. The molecule has 80 valence electrons. The van der Waals surface area contributed by atoms with Gasteiger partial charge in [0.15, 0.2) is 0 Å². The van der Waals surface area contributed by atoms with Crippen molar-refractivity contribution < 1.29 is 14.6 Å². The Bertz CT molecular complexity index is 388. The van der Waals surface area contributed by atoms with E-state index in [1.54, 1.807) is 19.1 Å². The Hall–Kier alpha value is -2.04. The second-order valence-corrected chi connectivity index (χ2v) is 2.69. The molecule has 1 aromatic rings. The zero-order valence-corrected chi connectivity index (χ0v) is 8.27. The van der Waals surface area contributed by atoms with Crippen LogP contribution in [0.15, 0.2) is 29.3 Å². The summed E-state index contributed by atoms with van der Waals surface area (Å²) in [5.74, 6) is -1.33. The van der Waals surface area contributed by atoms with Crippen molar-refractivity contribution in [1.82, 2.24) is 0 Å². The number of hydrogen-bond acceptors (Lipinski definition) is 4. The van der Waals surface area contributed by atoms with Crippen LogP contribution in [0.4, 0.5) is 5.69 Å². The highest BCUT2D eigenvalue weighted by atomic mass is 16.5. The van der Waals surface area contributed by atoms with E-state index >= 15 is 0 Å². The van der Waals surface area contributed by atoms with Crippen LogP contribution in [0.5, 0.6) is 5.75 Å². The Balaban J connectivity index is 2.88. The highest BCUT2D eigenvalue weighted by molar-refractivity contribution is 6.35. The van der Waals surface area contributed by atoms with E-state index in [1.807, 2.05) is 0 Å². The molecule has 0 saturated heterocycles. The normalized spacial score (nSPS) is 11.1. The molecule has 0 aliphatic heterocycles. The number of aliphatic imine (C=N–C) groups is 1. The average Bonchev–Trinajstić information content (AvgIpc) is 2.21. The summed E-state index contributed by atoms with van der Waals surface area (Å²) in [6, 6.07) is 6.05. The molecule has 0 aliphatic carbocycles. The molecule has 0 fully saturated rings. The Labute approximate surface area is 87.2 Å². The van der Waals surface area contributed by atoms with E-state index < -0.39 is 5.97 Å². The number of amidine groups is 1. The summed E-state index contributed by atoms with van der Waals surface area (Å²) < 4.78 is 4.62. The molecule has 5 nitrogen and oxygen atoms in total. The fourth-order valence-corrected chi connectivity index (χ4v) is 0.930. The van der Waals surface area contributed by atoms with Crippen LogP contribution in [0.2, 0.25) is 0 Å². The Morgan fingerprint density at radius 3 is 2.80 bits per heavy atom. The van der Waals surface area contributed by atoms with Gasteiger partial charge in [0, 0.05) is 0 Å². The third-order valence-corrected chi connectivity index (χ3v) is 1.59. The maximum Gasteiger partial charge on any atom is 0.373 e. The van der Waals surface area contributed by atoms with Gasteiger partial charge in [0.25, 0.3) is 0 Å². The number of benzene rings is 1. The van der Waals surface area contributed by atoms with Gasteiger partial charge in [0.1, 0.15) is 0 Å². The van der Waals surface area contributed by atoms with Gasteiger partial charge in [-0.2, -0.15) is 0 Å². The fourth-order valence-electron chi connectivity index (χ4n) is 0.930. The van der Waals surface area contributed by atoms with Crippen LogP contribution < -0.4 is 10.8 Å². The first-order valence-corrected chi connectivity index (χ1v) is 4.42. The van der Waals surface area contributed by atoms with Gasteiger partial charge in [-0.05, 0) is 13.0 Å². The molecule has 0 aromatic heterocycles. The quantitative estimate of drug-likeness (QED) is 0.429. The molecule has 0 atom stereocenters. The molecule has 0 spiro atoms. The zero-order chi connectivity index (χ0) is 11.3. The third-order valence-electron chi connectivity index (χ3n) is 1.59. The lowest BCUT2D eigenvalue weighted by atomic mass is 10.3. The summed E-state index contributed by atoms with van der Waals surface area (Å²) in [6.45, 7) is 1.88. The van der Waals surface area contributed by atoms with Crippen molar-refractivity contribution in [3.05, 3.63) is 24.3 Å². The van der Waals surface area contributed by atoms with Crippen LogP contribution in [0.25, 0.3) is 0 Å². The van der Waals surface area contributed by atoms with Crippen molar-refractivity contribution in [2.45, 2.75) is 6.92 Å². The first-order valence-electron chi connectivity index (χ1n) is 4.42. The summed E-state index contributed by atoms with van der Waals surface area (Å²) in [5, 5.41) is 11.2. The molecule has 0 saturated carbocycles. The van der Waals surface area contributed by atoms with E-state index in [0.29, 0.717) is 0 Å². The third kappa shape index (κ3) is 2.98. The summed E-state index contributed by atoms with van der Waals surface area (Å²) in [7, 11) is 0. The molecule has 1 rings (SSSR count). The number of ether oxygens (including phenoxy) is 1. The van der Waals surface area contributed by atoms with Gasteiger partial charge in [-0.25, -0.2) is 9.79 Å². The van der Waals surface area contributed by atoms with Crippen molar-refractivity contribution in [2.24, 2.45) is 10.7 Å². The predicted octanol–water partition coefficient (Wildman–Crippen LogP) is 0.312. The number of esters is 1. The molecule has 0 bridgehead atoms. The molecule has 0 heterocycles. The molecule has 5 heteroatoms. The Morgan fingerprint density at radius 2 is 2.20 bits per heavy atom. The van der Waals surface area contributed by atoms with Crippen LogP contribution in [-0.2, 0) is 9.53 Å². The maximum absolute atomic E-state index is 11.2. The van der Waals surface area contributed by atoms with E-state index in [0.717, 1.165) is 0 Å². The lowest BCUT2D eigenvalue weighted by Crippen LogP contribution is -2.25. The van der Waals surface area contributed by atoms with Gasteiger partial charge >= 0.3 is 5.97 Å². The van der Waals surface area contributed by atoms with Gasteiger partial charge in [0.2, 0.25) is 5.84 Å². The van der Waals surface area contributed by atoms with E-state index in [-0.39, 0.29) is 23.9 Å². The smallest absolute Gasteiger partial charge is 0.373 e. The molecule has 0 radical (unpaired) electrons. The van der Waals surface area contributed by atoms with Gasteiger partial charge in [0.05, 0.1) is 12.3 Å². The number of para-hydroxylation sites is 2. The summed E-state index contributed by atoms with van der Waals surface area (Å²) in [5.41, 5.74) is 5.47. The maximum atomic E-state index is 11.2. The summed E-state index contributed by atoms with van der Waals surface area (Å²) in [4.78, 5) is 14.8. The van der Waals surface area contributed by atoms with Crippen LogP contribution in [0.1, 0.15) is 6.92 Å². The van der Waals surface area contributed by atoms with E-state index in [1.165, 1.54) is 12.1 Å². The molecule has 1 aromatic carbocycles. The molecule has 2 N–H and O–H groups in total. The average molecular weight is 207 g/mol. The van der Waals surface area contributed by atoms with Gasteiger partial charge in [-0.15, -0.1) is 0 Å². The number of carbonyl (C=O) groups is 1.